The Morgan fingerprint density at radius 1 is 1.15 bits per heavy atom. The van der Waals surface area contributed by atoms with Crippen molar-refractivity contribution in [2.75, 3.05) is 5.32 Å². The van der Waals surface area contributed by atoms with E-state index in [0.717, 1.165) is 12.1 Å². The van der Waals surface area contributed by atoms with Gasteiger partial charge in [-0.05, 0) is 13.8 Å². The molecule has 0 unspecified atom stereocenters. The van der Waals surface area contributed by atoms with Gasteiger partial charge < -0.3 is 5.32 Å². The minimum atomic E-state index is -3.30. The SMILES string of the molecule is Cc1nc(N[C@H](C)c2cccc(C(C)(F)F)c2F)c2cc(F)ncc2n1. The van der Waals surface area contributed by atoms with Crippen LogP contribution in [0.15, 0.2) is 30.5 Å². The molecule has 1 atom stereocenters. The predicted molar refractivity (Wildman–Crippen MR) is 90.0 cm³/mol. The molecule has 0 radical (unpaired) electrons. The van der Waals surface area contributed by atoms with Gasteiger partial charge in [0, 0.05) is 23.9 Å². The Balaban J connectivity index is 2.03. The van der Waals surface area contributed by atoms with Crippen LogP contribution in [0.1, 0.15) is 36.8 Å². The zero-order chi connectivity index (χ0) is 19.1. The van der Waals surface area contributed by atoms with E-state index < -0.39 is 29.3 Å². The Morgan fingerprint density at radius 3 is 2.58 bits per heavy atom. The maximum Gasteiger partial charge on any atom is 0.273 e. The molecule has 3 rings (SSSR count). The summed E-state index contributed by atoms with van der Waals surface area (Å²) >= 11 is 0. The van der Waals surface area contributed by atoms with E-state index >= 15 is 0 Å². The average molecular weight is 364 g/mol. The maximum atomic E-state index is 14.6. The number of alkyl halides is 2. The minimum absolute atomic E-state index is 0.0583. The Bertz CT molecular complexity index is 969. The number of nitrogens with one attached hydrogen (secondary N) is 1. The first-order chi connectivity index (χ1) is 12.2. The van der Waals surface area contributed by atoms with Crippen LogP contribution in [-0.2, 0) is 5.92 Å². The molecule has 2 heterocycles. The van der Waals surface area contributed by atoms with Crippen LogP contribution in [0, 0.1) is 18.7 Å². The third-order valence-corrected chi connectivity index (χ3v) is 3.98. The average Bonchev–Trinajstić information content (AvgIpc) is 2.54. The second-order valence-electron chi connectivity index (χ2n) is 6.11. The number of halogens is 4. The van der Waals surface area contributed by atoms with Crippen LogP contribution in [0.2, 0.25) is 0 Å². The topological polar surface area (TPSA) is 50.7 Å². The van der Waals surface area contributed by atoms with Gasteiger partial charge in [-0.25, -0.2) is 28.1 Å². The Kier molecular flexibility index (Phi) is 4.52. The van der Waals surface area contributed by atoms with Crippen molar-refractivity contribution in [1.82, 2.24) is 15.0 Å². The molecular weight excluding hydrogens is 348 g/mol. The lowest BCUT2D eigenvalue weighted by molar-refractivity contribution is 0.0136. The fourth-order valence-electron chi connectivity index (χ4n) is 2.74. The molecule has 0 aliphatic heterocycles. The van der Waals surface area contributed by atoms with Crippen molar-refractivity contribution in [2.24, 2.45) is 0 Å². The summed E-state index contributed by atoms with van der Waals surface area (Å²) in [7, 11) is 0. The molecule has 0 saturated carbocycles. The summed E-state index contributed by atoms with van der Waals surface area (Å²) in [4.78, 5) is 11.9. The smallest absolute Gasteiger partial charge is 0.273 e. The lowest BCUT2D eigenvalue weighted by Gasteiger charge is -2.20. The van der Waals surface area contributed by atoms with E-state index in [1.165, 1.54) is 18.3 Å². The van der Waals surface area contributed by atoms with Crippen LogP contribution in [-0.4, -0.2) is 15.0 Å². The van der Waals surface area contributed by atoms with E-state index in [2.05, 4.69) is 20.3 Å². The van der Waals surface area contributed by atoms with Gasteiger partial charge in [0.25, 0.3) is 5.92 Å². The number of nitrogens with zero attached hydrogens (tertiary/aromatic N) is 3. The highest BCUT2D eigenvalue weighted by Crippen LogP contribution is 2.33. The van der Waals surface area contributed by atoms with Gasteiger partial charge >= 0.3 is 0 Å². The normalized spacial score (nSPS) is 13.0. The summed E-state index contributed by atoms with van der Waals surface area (Å²) in [5.74, 6) is -4.31. The van der Waals surface area contributed by atoms with Crippen molar-refractivity contribution in [1.29, 1.82) is 0 Å². The molecule has 3 aromatic rings. The molecule has 136 valence electrons. The van der Waals surface area contributed by atoms with Crippen molar-refractivity contribution in [3.63, 3.8) is 0 Å². The first-order valence-electron chi connectivity index (χ1n) is 7.90. The molecule has 4 nitrogen and oxygen atoms in total. The summed E-state index contributed by atoms with van der Waals surface area (Å²) in [5, 5.41) is 3.33. The van der Waals surface area contributed by atoms with Gasteiger partial charge in [0.1, 0.15) is 17.5 Å². The number of pyridine rings is 1. The molecule has 0 saturated heterocycles. The van der Waals surface area contributed by atoms with Gasteiger partial charge in [-0.1, -0.05) is 18.2 Å². The van der Waals surface area contributed by atoms with Gasteiger partial charge in [-0.15, -0.1) is 0 Å². The number of aryl methyl sites for hydroxylation is 1. The Labute approximate surface area is 147 Å². The second kappa shape index (κ2) is 6.51. The number of hydrogen-bond donors (Lipinski definition) is 1. The third-order valence-electron chi connectivity index (χ3n) is 3.98. The lowest BCUT2D eigenvalue weighted by Crippen LogP contribution is -2.16. The molecule has 0 spiro atoms. The van der Waals surface area contributed by atoms with E-state index in [0.29, 0.717) is 23.7 Å². The molecule has 26 heavy (non-hydrogen) atoms. The van der Waals surface area contributed by atoms with Crippen LogP contribution in [0.3, 0.4) is 0 Å². The van der Waals surface area contributed by atoms with Crippen LogP contribution in [0.25, 0.3) is 10.9 Å². The molecule has 0 amide bonds. The number of aromatic nitrogens is 3. The number of hydrogen-bond acceptors (Lipinski definition) is 4. The van der Waals surface area contributed by atoms with E-state index in [4.69, 9.17) is 0 Å². The number of benzene rings is 1. The summed E-state index contributed by atoms with van der Waals surface area (Å²) < 4.78 is 55.2. The van der Waals surface area contributed by atoms with E-state index in [-0.39, 0.29) is 11.4 Å². The molecule has 0 fully saturated rings. The highest BCUT2D eigenvalue weighted by Gasteiger charge is 2.30. The number of anilines is 1. The van der Waals surface area contributed by atoms with E-state index in [9.17, 15) is 17.6 Å². The Morgan fingerprint density at radius 2 is 1.88 bits per heavy atom. The molecule has 2 aromatic heterocycles. The first kappa shape index (κ1) is 18.0. The largest absolute Gasteiger partial charge is 0.363 e. The molecular formula is C18H16F4N4. The summed E-state index contributed by atoms with van der Waals surface area (Å²) in [6.07, 6.45) is 1.27. The molecule has 1 N–H and O–H groups in total. The summed E-state index contributed by atoms with van der Waals surface area (Å²) in [6.45, 7) is 3.90. The fourth-order valence-corrected chi connectivity index (χ4v) is 2.74. The van der Waals surface area contributed by atoms with Gasteiger partial charge in [-0.2, -0.15) is 4.39 Å². The minimum Gasteiger partial charge on any atom is -0.363 e. The van der Waals surface area contributed by atoms with Crippen LogP contribution in [0.5, 0.6) is 0 Å². The zero-order valence-electron chi connectivity index (χ0n) is 14.3. The van der Waals surface area contributed by atoms with Crippen LogP contribution < -0.4 is 5.32 Å². The fraction of sp³-hybridized carbons (Fsp3) is 0.278. The van der Waals surface area contributed by atoms with Crippen molar-refractivity contribution in [3.8, 4) is 0 Å². The van der Waals surface area contributed by atoms with Crippen LogP contribution in [0.4, 0.5) is 23.4 Å². The predicted octanol–water partition coefficient (Wildman–Crippen LogP) is 4.90. The van der Waals surface area contributed by atoms with Crippen molar-refractivity contribution in [3.05, 3.63) is 59.2 Å². The van der Waals surface area contributed by atoms with Gasteiger partial charge in [-0.3, -0.25) is 0 Å². The summed E-state index contributed by atoms with van der Waals surface area (Å²) in [5.41, 5.74) is -0.200. The molecule has 1 aromatic carbocycles. The van der Waals surface area contributed by atoms with Gasteiger partial charge in [0.15, 0.2) is 0 Å². The number of fused-ring (bicyclic) bond motifs is 1. The van der Waals surface area contributed by atoms with Crippen molar-refractivity contribution >= 4 is 16.7 Å². The molecule has 0 aliphatic carbocycles. The van der Waals surface area contributed by atoms with E-state index in [1.54, 1.807) is 13.8 Å². The molecule has 8 heteroatoms. The first-order valence-corrected chi connectivity index (χ1v) is 7.90. The summed E-state index contributed by atoms with van der Waals surface area (Å²) in [6, 6.07) is 4.32. The van der Waals surface area contributed by atoms with Gasteiger partial charge in [0.05, 0.1) is 23.3 Å². The van der Waals surface area contributed by atoms with E-state index in [1.807, 2.05) is 0 Å². The quantitative estimate of drug-likeness (QED) is 0.529. The Hall–Kier alpha value is -2.77. The van der Waals surface area contributed by atoms with Crippen molar-refractivity contribution in [2.45, 2.75) is 32.7 Å². The van der Waals surface area contributed by atoms with Crippen LogP contribution >= 0.6 is 0 Å². The number of rotatable bonds is 4. The third kappa shape index (κ3) is 3.44. The zero-order valence-corrected chi connectivity index (χ0v) is 14.3. The monoisotopic (exact) mass is 364 g/mol. The highest BCUT2D eigenvalue weighted by atomic mass is 19.3. The molecule has 0 aliphatic rings. The molecule has 0 bridgehead atoms. The second-order valence-corrected chi connectivity index (χ2v) is 6.11. The lowest BCUT2D eigenvalue weighted by atomic mass is 10.0. The van der Waals surface area contributed by atoms with Gasteiger partial charge in [0.2, 0.25) is 5.95 Å². The standard InChI is InChI=1S/C18H16F4N4/c1-9(11-5-4-6-13(16(11)20)18(3,21)22)24-17-12-7-15(19)23-8-14(12)25-10(2)26-17/h4-9H,1-3H3,(H,24,25,26)/t9-/m1/s1. The highest BCUT2D eigenvalue weighted by molar-refractivity contribution is 5.88. The van der Waals surface area contributed by atoms with Crippen molar-refractivity contribution < 1.29 is 17.6 Å². The maximum absolute atomic E-state index is 14.6.